The van der Waals surface area contributed by atoms with E-state index in [1.54, 1.807) is 4.68 Å². The number of carbonyl (C=O) groups excluding carboxylic acids is 1. The Hall–Kier alpha value is -2.24. The van der Waals surface area contributed by atoms with Crippen molar-refractivity contribution in [2.45, 2.75) is 59.5 Å². The van der Waals surface area contributed by atoms with E-state index in [4.69, 9.17) is 4.98 Å². The summed E-state index contributed by atoms with van der Waals surface area (Å²) in [5.41, 5.74) is 3.49. The van der Waals surface area contributed by atoms with Gasteiger partial charge in [-0.1, -0.05) is 34.6 Å². The fourth-order valence-corrected chi connectivity index (χ4v) is 3.07. The predicted molar refractivity (Wildman–Crippen MR) is 96.1 cm³/mol. The van der Waals surface area contributed by atoms with Gasteiger partial charge in [0.2, 0.25) is 0 Å². The Balaban J connectivity index is 1.80. The van der Waals surface area contributed by atoms with Crippen molar-refractivity contribution in [1.29, 1.82) is 0 Å². The highest BCUT2D eigenvalue weighted by Crippen LogP contribution is 2.26. The molecule has 1 amide bonds. The Morgan fingerprint density at radius 1 is 1.28 bits per heavy atom. The van der Waals surface area contributed by atoms with Crippen LogP contribution in [0.25, 0.3) is 0 Å². The van der Waals surface area contributed by atoms with Crippen LogP contribution in [0.15, 0.2) is 12.3 Å². The average Bonchev–Trinajstić information content (AvgIpc) is 3.07. The number of fused-ring (bicyclic) bond motifs is 1. The highest BCUT2D eigenvalue weighted by Gasteiger charge is 2.29. The van der Waals surface area contributed by atoms with Gasteiger partial charge in [0.05, 0.1) is 17.9 Å². The minimum atomic E-state index is -0.0970. The third kappa shape index (κ3) is 3.57. The number of carbonyl (C=O) groups is 1. The number of hydrogen-bond acceptors (Lipinski definition) is 4. The third-order valence-corrected chi connectivity index (χ3v) is 4.38. The van der Waals surface area contributed by atoms with Crippen LogP contribution in [-0.4, -0.2) is 30.6 Å². The standard InChI is InChI=1S/C19H27N5O/c1-12(2)7-14-8-16(23(6)22-14)17(25)24-10-13-9-20-18(19(3,4)5)21-15(13)11-24/h8-9,12H,7,10-11H2,1-6H3. The molecular formula is C19H27N5O. The van der Waals surface area contributed by atoms with Gasteiger partial charge in [0.25, 0.3) is 5.91 Å². The Morgan fingerprint density at radius 2 is 2.00 bits per heavy atom. The van der Waals surface area contributed by atoms with Gasteiger partial charge in [-0.3, -0.25) is 9.48 Å². The minimum absolute atomic E-state index is 0.000291. The van der Waals surface area contributed by atoms with Gasteiger partial charge in [0.1, 0.15) is 11.5 Å². The Morgan fingerprint density at radius 3 is 2.64 bits per heavy atom. The summed E-state index contributed by atoms with van der Waals surface area (Å²) in [7, 11) is 1.83. The molecule has 25 heavy (non-hydrogen) atoms. The molecule has 0 aliphatic carbocycles. The van der Waals surface area contributed by atoms with Gasteiger partial charge in [0.15, 0.2) is 0 Å². The average molecular weight is 341 g/mol. The molecule has 0 fully saturated rings. The molecule has 0 saturated heterocycles. The maximum atomic E-state index is 12.9. The highest BCUT2D eigenvalue weighted by atomic mass is 16.2. The van der Waals surface area contributed by atoms with Crippen molar-refractivity contribution in [3.05, 3.63) is 40.7 Å². The molecule has 1 aliphatic heterocycles. The second-order valence-corrected chi connectivity index (χ2v) is 8.32. The maximum Gasteiger partial charge on any atom is 0.272 e. The monoisotopic (exact) mass is 341 g/mol. The second-order valence-electron chi connectivity index (χ2n) is 8.32. The van der Waals surface area contributed by atoms with E-state index in [0.717, 1.165) is 29.2 Å². The number of aromatic nitrogens is 4. The number of rotatable bonds is 3. The topological polar surface area (TPSA) is 63.9 Å². The van der Waals surface area contributed by atoms with Crippen LogP contribution in [-0.2, 0) is 32.0 Å². The second kappa shape index (κ2) is 6.24. The van der Waals surface area contributed by atoms with Gasteiger partial charge in [-0.15, -0.1) is 0 Å². The zero-order chi connectivity index (χ0) is 18.4. The summed E-state index contributed by atoms with van der Waals surface area (Å²) in [5.74, 6) is 1.33. The molecule has 0 aromatic carbocycles. The van der Waals surface area contributed by atoms with E-state index in [1.165, 1.54) is 0 Å². The van der Waals surface area contributed by atoms with Gasteiger partial charge in [-0.2, -0.15) is 5.10 Å². The smallest absolute Gasteiger partial charge is 0.272 e. The summed E-state index contributed by atoms with van der Waals surface area (Å²) in [6, 6.07) is 1.91. The van der Waals surface area contributed by atoms with E-state index in [1.807, 2.05) is 24.2 Å². The van der Waals surface area contributed by atoms with Crippen LogP contribution in [0.5, 0.6) is 0 Å². The summed E-state index contributed by atoms with van der Waals surface area (Å²) in [6.07, 6.45) is 2.74. The number of aryl methyl sites for hydroxylation is 1. The fraction of sp³-hybridized carbons (Fsp3) is 0.579. The van der Waals surface area contributed by atoms with E-state index >= 15 is 0 Å². The SMILES string of the molecule is CC(C)Cc1cc(C(=O)N2Cc3cnc(C(C)(C)C)nc3C2)n(C)n1. The van der Waals surface area contributed by atoms with Crippen molar-refractivity contribution < 1.29 is 4.79 Å². The van der Waals surface area contributed by atoms with Crippen LogP contribution in [0.4, 0.5) is 0 Å². The molecule has 3 heterocycles. The van der Waals surface area contributed by atoms with Crippen molar-refractivity contribution >= 4 is 5.91 Å². The van der Waals surface area contributed by atoms with Crippen molar-refractivity contribution in [1.82, 2.24) is 24.6 Å². The van der Waals surface area contributed by atoms with E-state index in [0.29, 0.717) is 24.7 Å². The molecule has 0 unspecified atom stereocenters. The van der Waals surface area contributed by atoms with Crippen molar-refractivity contribution in [3.63, 3.8) is 0 Å². The first-order valence-corrected chi connectivity index (χ1v) is 8.82. The first kappa shape index (κ1) is 17.6. The van der Waals surface area contributed by atoms with Crippen LogP contribution in [0, 0.1) is 5.92 Å². The molecular weight excluding hydrogens is 314 g/mol. The molecule has 0 atom stereocenters. The molecule has 0 N–H and O–H groups in total. The zero-order valence-electron chi connectivity index (χ0n) is 16.0. The van der Waals surface area contributed by atoms with Crippen LogP contribution in [0.2, 0.25) is 0 Å². The fourth-order valence-electron chi connectivity index (χ4n) is 3.07. The van der Waals surface area contributed by atoms with Gasteiger partial charge < -0.3 is 4.90 Å². The first-order chi connectivity index (χ1) is 11.6. The molecule has 134 valence electrons. The van der Waals surface area contributed by atoms with Crippen LogP contribution in [0.1, 0.15) is 67.9 Å². The number of nitrogens with zero attached hydrogens (tertiary/aromatic N) is 5. The molecule has 0 radical (unpaired) electrons. The molecule has 2 aromatic heterocycles. The van der Waals surface area contributed by atoms with E-state index in [2.05, 4.69) is 44.7 Å². The van der Waals surface area contributed by atoms with Crippen LogP contribution >= 0.6 is 0 Å². The lowest BCUT2D eigenvalue weighted by atomic mass is 9.95. The van der Waals surface area contributed by atoms with E-state index in [-0.39, 0.29) is 11.3 Å². The van der Waals surface area contributed by atoms with E-state index < -0.39 is 0 Å². The summed E-state index contributed by atoms with van der Waals surface area (Å²) in [5, 5.41) is 4.48. The van der Waals surface area contributed by atoms with Gasteiger partial charge in [-0.05, 0) is 18.4 Å². The summed E-state index contributed by atoms with van der Waals surface area (Å²) in [6.45, 7) is 11.7. The Kier molecular flexibility index (Phi) is 4.39. The van der Waals surface area contributed by atoms with Crippen LogP contribution in [0.3, 0.4) is 0 Å². The lowest BCUT2D eigenvalue weighted by Crippen LogP contribution is -2.27. The highest BCUT2D eigenvalue weighted by molar-refractivity contribution is 5.93. The molecule has 0 bridgehead atoms. The number of amides is 1. The largest absolute Gasteiger partial charge is 0.327 e. The molecule has 0 saturated carbocycles. The summed E-state index contributed by atoms with van der Waals surface area (Å²) in [4.78, 5) is 23.9. The molecule has 3 rings (SSSR count). The van der Waals surface area contributed by atoms with Gasteiger partial charge >= 0.3 is 0 Å². The number of hydrogen-bond donors (Lipinski definition) is 0. The molecule has 1 aliphatic rings. The van der Waals surface area contributed by atoms with E-state index in [9.17, 15) is 4.79 Å². The summed E-state index contributed by atoms with van der Waals surface area (Å²) >= 11 is 0. The molecule has 6 heteroatoms. The lowest BCUT2D eigenvalue weighted by Gasteiger charge is -2.16. The Labute approximate surface area is 149 Å². The zero-order valence-corrected chi connectivity index (χ0v) is 16.0. The molecule has 2 aromatic rings. The first-order valence-electron chi connectivity index (χ1n) is 8.82. The van der Waals surface area contributed by atoms with Crippen molar-refractivity contribution in [3.8, 4) is 0 Å². The third-order valence-electron chi connectivity index (χ3n) is 4.38. The quantitative estimate of drug-likeness (QED) is 0.861. The molecule has 6 nitrogen and oxygen atoms in total. The van der Waals surface area contributed by atoms with Gasteiger partial charge in [-0.25, -0.2) is 9.97 Å². The lowest BCUT2D eigenvalue weighted by molar-refractivity contribution is 0.0739. The maximum absolute atomic E-state index is 12.9. The predicted octanol–water partition coefficient (Wildman–Crippen LogP) is 2.86. The van der Waals surface area contributed by atoms with Crippen molar-refractivity contribution in [2.24, 2.45) is 13.0 Å². The normalized spacial score (nSPS) is 14.3. The minimum Gasteiger partial charge on any atom is -0.327 e. The molecule has 0 spiro atoms. The van der Waals surface area contributed by atoms with Gasteiger partial charge in [0, 0.05) is 30.8 Å². The Bertz CT molecular complexity index is 801. The summed E-state index contributed by atoms with van der Waals surface area (Å²) < 4.78 is 1.69. The van der Waals surface area contributed by atoms with Crippen LogP contribution < -0.4 is 0 Å². The van der Waals surface area contributed by atoms with Crippen molar-refractivity contribution in [2.75, 3.05) is 0 Å².